The fourth-order valence-corrected chi connectivity index (χ4v) is 2.35. The second kappa shape index (κ2) is 5.92. The zero-order chi connectivity index (χ0) is 13.0. The number of alkyl halides is 1. The molecule has 0 aromatic heterocycles. The zero-order valence-electron chi connectivity index (χ0n) is 10.9. The van der Waals surface area contributed by atoms with Gasteiger partial charge in [0.25, 0.3) is 0 Å². The molecule has 2 aromatic rings. The van der Waals surface area contributed by atoms with E-state index in [1.807, 2.05) is 6.07 Å². The summed E-state index contributed by atoms with van der Waals surface area (Å²) in [6.07, 6.45) is 0. The molecule has 0 bridgehead atoms. The largest absolute Gasteiger partial charge is 0.370 e. The zero-order valence-corrected chi connectivity index (χ0v) is 11.6. The second-order valence-electron chi connectivity index (χ2n) is 4.61. The highest BCUT2D eigenvalue weighted by atomic mass is 35.5. The highest BCUT2D eigenvalue weighted by Gasteiger charge is 2.07. The third-order valence-corrected chi connectivity index (χ3v) is 3.34. The Labute approximate surface area is 114 Å². The van der Waals surface area contributed by atoms with Gasteiger partial charge in [-0.3, -0.25) is 0 Å². The molecule has 0 atom stereocenters. The lowest BCUT2D eigenvalue weighted by atomic mass is 10.1. The van der Waals surface area contributed by atoms with Gasteiger partial charge in [0.2, 0.25) is 0 Å². The van der Waals surface area contributed by atoms with Crippen molar-refractivity contribution >= 4 is 17.3 Å². The number of halogens is 1. The van der Waals surface area contributed by atoms with E-state index in [9.17, 15) is 0 Å². The predicted octanol–water partition coefficient (Wildman–Crippen LogP) is 4.37. The highest BCUT2D eigenvalue weighted by molar-refractivity contribution is 6.17. The molecular weight excluding hydrogens is 242 g/mol. The summed E-state index contributed by atoms with van der Waals surface area (Å²) in [6.45, 7) is 2.99. The van der Waals surface area contributed by atoms with E-state index >= 15 is 0 Å². The molecule has 18 heavy (non-hydrogen) atoms. The Kier molecular flexibility index (Phi) is 4.27. The number of hydrogen-bond acceptors (Lipinski definition) is 1. The Balaban J connectivity index is 2.21. The summed E-state index contributed by atoms with van der Waals surface area (Å²) in [7, 11) is 2.10. The van der Waals surface area contributed by atoms with Gasteiger partial charge in [-0.25, -0.2) is 0 Å². The maximum atomic E-state index is 6.02. The molecule has 0 spiro atoms. The van der Waals surface area contributed by atoms with Crippen molar-refractivity contribution in [3.8, 4) is 0 Å². The lowest BCUT2D eigenvalue weighted by Crippen LogP contribution is -2.17. The number of anilines is 1. The second-order valence-corrected chi connectivity index (χ2v) is 4.87. The standard InChI is InChI=1S/C16H18ClN/c1-13-8-9-16(15(10-13)11-17)18(2)12-14-6-4-3-5-7-14/h3-10H,11-12H2,1-2H3. The highest BCUT2D eigenvalue weighted by Crippen LogP contribution is 2.24. The maximum Gasteiger partial charge on any atom is 0.0494 e. The Bertz CT molecular complexity index is 508. The van der Waals surface area contributed by atoms with Crippen molar-refractivity contribution in [2.24, 2.45) is 0 Å². The van der Waals surface area contributed by atoms with Gasteiger partial charge in [-0.15, -0.1) is 11.6 Å². The molecule has 0 heterocycles. The average Bonchev–Trinajstić information content (AvgIpc) is 2.39. The molecule has 0 aliphatic rings. The quantitative estimate of drug-likeness (QED) is 0.737. The molecule has 2 aromatic carbocycles. The van der Waals surface area contributed by atoms with Crippen LogP contribution in [0.1, 0.15) is 16.7 Å². The normalized spacial score (nSPS) is 10.4. The Morgan fingerprint density at radius 1 is 1.06 bits per heavy atom. The van der Waals surface area contributed by atoms with Gasteiger partial charge in [0, 0.05) is 25.2 Å². The van der Waals surface area contributed by atoms with Gasteiger partial charge in [0.15, 0.2) is 0 Å². The summed E-state index contributed by atoms with van der Waals surface area (Å²) < 4.78 is 0. The van der Waals surface area contributed by atoms with Gasteiger partial charge in [-0.05, 0) is 24.1 Å². The molecule has 0 aliphatic heterocycles. The van der Waals surface area contributed by atoms with Crippen LogP contribution in [-0.4, -0.2) is 7.05 Å². The van der Waals surface area contributed by atoms with Crippen LogP contribution in [0.15, 0.2) is 48.5 Å². The number of benzene rings is 2. The van der Waals surface area contributed by atoms with Gasteiger partial charge in [-0.2, -0.15) is 0 Å². The molecule has 2 heteroatoms. The summed E-state index contributed by atoms with van der Waals surface area (Å²) in [6, 6.07) is 16.9. The molecule has 0 saturated carbocycles. The van der Waals surface area contributed by atoms with Crippen molar-refractivity contribution in [3.63, 3.8) is 0 Å². The molecular formula is C16H18ClN. The third-order valence-electron chi connectivity index (χ3n) is 3.05. The summed E-state index contributed by atoms with van der Waals surface area (Å²) in [5.41, 5.74) is 4.96. The first-order valence-electron chi connectivity index (χ1n) is 6.11. The van der Waals surface area contributed by atoms with E-state index in [2.05, 4.69) is 61.3 Å². The summed E-state index contributed by atoms with van der Waals surface area (Å²) in [5.74, 6) is 0.552. The van der Waals surface area contributed by atoms with E-state index in [4.69, 9.17) is 11.6 Å². The van der Waals surface area contributed by atoms with Gasteiger partial charge in [0.1, 0.15) is 0 Å². The first kappa shape index (κ1) is 13.0. The lowest BCUT2D eigenvalue weighted by Gasteiger charge is -2.22. The van der Waals surface area contributed by atoms with Crippen LogP contribution in [-0.2, 0) is 12.4 Å². The fourth-order valence-electron chi connectivity index (χ4n) is 2.14. The minimum Gasteiger partial charge on any atom is -0.370 e. The van der Waals surface area contributed by atoms with Crippen molar-refractivity contribution in [2.75, 3.05) is 11.9 Å². The number of hydrogen-bond donors (Lipinski definition) is 0. The van der Waals surface area contributed by atoms with Crippen molar-refractivity contribution in [2.45, 2.75) is 19.3 Å². The minimum atomic E-state index is 0.552. The molecule has 0 saturated heterocycles. The van der Waals surface area contributed by atoms with Crippen LogP contribution in [0.3, 0.4) is 0 Å². The Morgan fingerprint density at radius 2 is 1.78 bits per heavy atom. The van der Waals surface area contributed by atoms with E-state index in [0.29, 0.717) is 5.88 Å². The van der Waals surface area contributed by atoms with Gasteiger partial charge in [0.05, 0.1) is 0 Å². The van der Waals surface area contributed by atoms with Crippen LogP contribution >= 0.6 is 11.6 Å². The van der Waals surface area contributed by atoms with E-state index in [1.165, 1.54) is 22.4 Å². The molecule has 0 fully saturated rings. The third kappa shape index (κ3) is 3.05. The van der Waals surface area contributed by atoms with Gasteiger partial charge in [-0.1, -0.05) is 48.0 Å². The first-order valence-corrected chi connectivity index (χ1v) is 6.64. The van der Waals surface area contributed by atoms with Crippen LogP contribution in [0.4, 0.5) is 5.69 Å². The maximum absolute atomic E-state index is 6.02. The Morgan fingerprint density at radius 3 is 2.44 bits per heavy atom. The van der Waals surface area contributed by atoms with Crippen molar-refractivity contribution < 1.29 is 0 Å². The van der Waals surface area contributed by atoms with Crippen molar-refractivity contribution in [1.82, 2.24) is 0 Å². The minimum absolute atomic E-state index is 0.552. The van der Waals surface area contributed by atoms with E-state index in [-0.39, 0.29) is 0 Å². The molecule has 0 aliphatic carbocycles. The number of aryl methyl sites for hydroxylation is 1. The van der Waals surface area contributed by atoms with Crippen LogP contribution in [0.5, 0.6) is 0 Å². The van der Waals surface area contributed by atoms with Crippen LogP contribution < -0.4 is 4.90 Å². The van der Waals surface area contributed by atoms with Gasteiger partial charge >= 0.3 is 0 Å². The van der Waals surface area contributed by atoms with E-state index in [1.54, 1.807) is 0 Å². The predicted molar refractivity (Wildman–Crippen MR) is 79.3 cm³/mol. The summed E-state index contributed by atoms with van der Waals surface area (Å²) >= 11 is 6.02. The number of nitrogens with zero attached hydrogens (tertiary/aromatic N) is 1. The molecule has 1 nitrogen and oxygen atoms in total. The molecule has 0 radical (unpaired) electrons. The van der Waals surface area contributed by atoms with Crippen LogP contribution in [0, 0.1) is 6.92 Å². The Hall–Kier alpha value is -1.47. The number of rotatable bonds is 4. The topological polar surface area (TPSA) is 3.24 Å². The lowest BCUT2D eigenvalue weighted by molar-refractivity contribution is 0.915. The fraction of sp³-hybridized carbons (Fsp3) is 0.250. The molecule has 2 rings (SSSR count). The summed E-state index contributed by atoms with van der Waals surface area (Å²) in [4.78, 5) is 2.24. The van der Waals surface area contributed by atoms with Crippen LogP contribution in [0.25, 0.3) is 0 Å². The van der Waals surface area contributed by atoms with Crippen LogP contribution in [0.2, 0.25) is 0 Å². The molecule has 94 valence electrons. The van der Waals surface area contributed by atoms with Crippen molar-refractivity contribution in [3.05, 3.63) is 65.2 Å². The van der Waals surface area contributed by atoms with Gasteiger partial charge < -0.3 is 4.90 Å². The molecule has 0 amide bonds. The van der Waals surface area contributed by atoms with E-state index in [0.717, 1.165) is 6.54 Å². The van der Waals surface area contributed by atoms with E-state index < -0.39 is 0 Å². The molecule has 0 unspecified atom stereocenters. The smallest absolute Gasteiger partial charge is 0.0494 e. The molecule has 0 N–H and O–H groups in total. The SMILES string of the molecule is Cc1ccc(N(C)Cc2ccccc2)c(CCl)c1. The average molecular weight is 260 g/mol. The summed E-state index contributed by atoms with van der Waals surface area (Å²) in [5, 5.41) is 0. The van der Waals surface area contributed by atoms with Crippen molar-refractivity contribution in [1.29, 1.82) is 0 Å². The first-order chi connectivity index (χ1) is 8.70. The monoisotopic (exact) mass is 259 g/mol.